The van der Waals surface area contributed by atoms with E-state index in [1.807, 2.05) is 0 Å². The Kier molecular flexibility index (Phi) is 4.15. The van der Waals surface area contributed by atoms with Crippen molar-refractivity contribution in [2.75, 3.05) is 5.73 Å². The minimum Gasteiger partial charge on any atom is -0.384 e. The van der Waals surface area contributed by atoms with Gasteiger partial charge in [-0.25, -0.2) is 9.97 Å². The molecule has 0 saturated carbocycles. The maximum atomic E-state index is 5.78. The third-order valence-corrected chi connectivity index (χ3v) is 3.43. The lowest BCUT2D eigenvalue weighted by Crippen LogP contribution is -2.02. The van der Waals surface area contributed by atoms with E-state index >= 15 is 0 Å². The van der Waals surface area contributed by atoms with Crippen molar-refractivity contribution in [3.63, 3.8) is 0 Å². The number of benzene rings is 1. The Morgan fingerprint density at radius 1 is 1.00 bits per heavy atom. The van der Waals surface area contributed by atoms with Gasteiger partial charge in [0.2, 0.25) is 0 Å². The second-order valence-electron chi connectivity index (χ2n) is 4.65. The molecule has 2 aromatic rings. The minimum atomic E-state index is 0.522. The first-order chi connectivity index (χ1) is 9.19. The Hall–Kier alpha value is -1.90. The van der Waals surface area contributed by atoms with Gasteiger partial charge in [0.15, 0.2) is 5.82 Å². The van der Waals surface area contributed by atoms with Crippen LogP contribution in [-0.4, -0.2) is 9.97 Å². The van der Waals surface area contributed by atoms with E-state index in [2.05, 4.69) is 42.9 Å². The number of nitrogens with two attached hydrogens (primary N) is 1. The highest BCUT2D eigenvalue weighted by Crippen LogP contribution is 2.28. The molecule has 0 unspecified atom stereocenters. The number of rotatable bonds is 4. The summed E-state index contributed by atoms with van der Waals surface area (Å²) < 4.78 is 0. The molecule has 2 N–H and O–H groups in total. The summed E-state index contributed by atoms with van der Waals surface area (Å²) in [6, 6.07) is 6.25. The summed E-state index contributed by atoms with van der Waals surface area (Å²) in [5.74, 6) is 1.27. The van der Waals surface area contributed by atoms with Crippen molar-refractivity contribution in [2.45, 2.75) is 40.0 Å². The molecule has 0 aliphatic carbocycles. The third-order valence-electron chi connectivity index (χ3n) is 3.43. The van der Waals surface area contributed by atoms with Gasteiger partial charge in [-0.1, -0.05) is 32.9 Å². The van der Waals surface area contributed by atoms with Crippen molar-refractivity contribution in [1.29, 1.82) is 0 Å². The van der Waals surface area contributed by atoms with Crippen LogP contribution in [0.4, 0.5) is 5.82 Å². The summed E-state index contributed by atoms with van der Waals surface area (Å²) in [7, 11) is 0. The van der Waals surface area contributed by atoms with Gasteiger partial charge in [0.1, 0.15) is 5.82 Å². The van der Waals surface area contributed by atoms with Crippen LogP contribution in [0.2, 0.25) is 0 Å². The number of anilines is 1. The van der Waals surface area contributed by atoms with Crippen LogP contribution in [0.15, 0.2) is 24.4 Å². The highest BCUT2D eigenvalue weighted by Gasteiger charge is 2.13. The molecule has 0 saturated heterocycles. The molecule has 0 aliphatic heterocycles. The standard InChI is InChI=1S/C16H21N3/c1-4-11-9-12(5-2)15(13(6-3)10-11)16-18-8-7-14(17)19-16/h7-10H,4-6H2,1-3H3,(H2,17,18,19). The van der Waals surface area contributed by atoms with Crippen LogP contribution < -0.4 is 5.73 Å². The Morgan fingerprint density at radius 2 is 1.63 bits per heavy atom. The number of aryl methyl sites for hydroxylation is 3. The molecule has 100 valence electrons. The fraction of sp³-hybridized carbons (Fsp3) is 0.375. The second kappa shape index (κ2) is 5.83. The Balaban J connectivity index is 2.66. The molecule has 0 aliphatic rings. The van der Waals surface area contributed by atoms with E-state index in [0.29, 0.717) is 5.82 Å². The summed E-state index contributed by atoms with van der Waals surface area (Å²) in [4.78, 5) is 8.77. The third kappa shape index (κ3) is 2.75. The molecular weight excluding hydrogens is 234 g/mol. The van der Waals surface area contributed by atoms with Gasteiger partial charge in [-0.15, -0.1) is 0 Å². The molecule has 2 rings (SSSR count). The Morgan fingerprint density at radius 3 is 2.11 bits per heavy atom. The lowest BCUT2D eigenvalue weighted by atomic mass is 9.93. The van der Waals surface area contributed by atoms with Crippen LogP contribution in [0.25, 0.3) is 11.4 Å². The summed E-state index contributed by atoms with van der Waals surface area (Å²) in [5, 5.41) is 0. The molecular formula is C16H21N3. The molecule has 1 aromatic heterocycles. The van der Waals surface area contributed by atoms with Crippen molar-refractivity contribution in [2.24, 2.45) is 0 Å². The van der Waals surface area contributed by atoms with Crippen LogP contribution in [0.3, 0.4) is 0 Å². The van der Waals surface area contributed by atoms with Crippen molar-refractivity contribution >= 4 is 5.82 Å². The fourth-order valence-electron chi connectivity index (χ4n) is 2.38. The van der Waals surface area contributed by atoms with E-state index in [0.717, 1.165) is 30.7 Å². The van der Waals surface area contributed by atoms with Crippen molar-refractivity contribution in [1.82, 2.24) is 9.97 Å². The lowest BCUT2D eigenvalue weighted by molar-refractivity contribution is 1.03. The Bertz CT molecular complexity index is 551. The zero-order valence-electron chi connectivity index (χ0n) is 11.9. The van der Waals surface area contributed by atoms with Crippen molar-refractivity contribution < 1.29 is 0 Å². The monoisotopic (exact) mass is 255 g/mol. The normalized spacial score (nSPS) is 10.7. The molecule has 1 heterocycles. The predicted octanol–water partition coefficient (Wildman–Crippen LogP) is 3.41. The van der Waals surface area contributed by atoms with E-state index < -0.39 is 0 Å². The zero-order valence-corrected chi connectivity index (χ0v) is 11.9. The minimum absolute atomic E-state index is 0.522. The van der Waals surface area contributed by atoms with Crippen LogP contribution >= 0.6 is 0 Å². The van der Waals surface area contributed by atoms with E-state index in [1.54, 1.807) is 12.3 Å². The van der Waals surface area contributed by atoms with Gasteiger partial charge < -0.3 is 5.73 Å². The van der Waals surface area contributed by atoms with Gasteiger partial charge in [-0.3, -0.25) is 0 Å². The molecule has 0 amide bonds. The first kappa shape index (κ1) is 13.5. The zero-order chi connectivity index (χ0) is 13.8. The number of aromatic nitrogens is 2. The maximum Gasteiger partial charge on any atom is 0.162 e. The summed E-state index contributed by atoms with van der Waals surface area (Å²) >= 11 is 0. The van der Waals surface area contributed by atoms with Gasteiger partial charge in [-0.05, 0) is 42.0 Å². The average molecular weight is 255 g/mol. The number of hydrogen-bond donors (Lipinski definition) is 1. The number of hydrogen-bond acceptors (Lipinski definition) is 3. The van der Waals surface area contributed by atoms with Gasteiger partial charge in [0, 0.05) is 11.8 Å². The topological polar surface area (TPSA) is 51.8 Å². The van der Waals surface area contributed by atoms with E-state index in [4.69, 9.17) is 5.73 Å². The summed E-state index contributed by atoms with van der Waals surface area (Å²) in [6.45, 7) is 6.53. The summed E-state index contributed by atoms with van der Waals surface area (Å²) in [5.41, 5.74) is 10.9. The number of nitrogen functional groups attached to an aromatic ring is 1. The van der Waals surface area contributed by atoms with Gasteiger partial charge in [-0.2, -0.15) is 0 Å². The molecule has 3 heteroatoms. The highest BCUT2D eigenvalue weighted by atomic mass is 14.9. The van der Waals surface area contributed by atoms with Crippen LogP contribution in [0.1, 0.15) is 37.5 Å². The van der Waals surface area contributed by atoms with Crippen LogP contribution in [-0.2, 0) is 19.3 Å². The molecule has 0 radical (unpaired) electrons. The SMILES string of the molecule is CCc1cc(CC)c(-c2nccc(N)n2)c(CC)c1. The molecule has 1 aromatic carbocycles. The number of nitrogens with zero attached hydrogens (tertiary/aromatic N) is 2. The first-order valence-corrected chi connectivity index (χ1v) is 6.93. The second-order valence-corrected chi connectivity index (χ2v) is 4.65. The lowest BCUT2D eigenvalue weighted by Gasteiger charge is -2.14. The van der Waals surface area contributed by atoms with Crippen molar-refractivity contribution in [3.8, 4) is 11.4 Å². The highest BCUT2D eigenvalue weighted by molar-refractivity contribution is 5.67. The fourth-order valence-corrected chi connectivity index (χ4v) is 2.38. The predicted molar refractivity (Wildman–Crippen MR) is 80.0 cm³/mol. The van der Waals surface area contributed by atoms with Crippen LogP contribution in [0, 0.1) is 0 Å². The van der Waals surface area contributed by atoms with Gasteiger partial charge in [0.05, 0.1) is 0 Å². The van der Waals surface area contributed by atoms with E-state index in [9.17, 15) is 0 Å². The molecule has 3 nitrogen and oxygen atoms in total. The maximum absolute atomic E-state index is 5.78. The van der Waals surface area contributed by atoms with Crippen LogP contribution in [0.5, 0.6) is 0 Å². The van der Waals surface area contributed by atoms with Gasteiger partial charge in [0.25, 0.3) is 0 Å². The Labute approximate surface area is 114 Å². The quantitative estimate of drug-likeness (QED) is 0.910. The van der Waals surface area contributed by atoms with E-state index in [1.165, 1.54) is 16.7 Å². The molecule has 0 bridgehead atoms. The molecule has 0 atom stereocenters. The molecule has 19 heavy (non-hydrogen) atoms. The van der Waals surface area contributed by atoms with E-state index in [-0.39, 0.29) is 0 Å². The first-order valence-electron chi connectivity index (χ1n) is 6.93. The molecule has 0 spiro atoms. The largest absolute Gasteiger partial charge is 0.384 e. The smallest absolute Gasteiger partial charge is 0.162 e. The average Bonchev–Trinajstić information content (AvgIpc) is 2.45. The van der Waals surface area contributed by atoms with Gasteiger partial charge >= 0.3 is 0 Å². The summed E-state index contributed by atoms with van der Waals surface area (Å²) in [6.07, 6.45) is 4.74. The molecule has 0 fully saturated rings. The van der Waals surface area contributed by atoms with Crippen molar-refractivity contribution in [3.05, 3.63) is 41.1 Å².